The van der Waals surface area contributed by atoms with Crippen molar-refractivity contribution >= 4 is 23.6 Å². The molecular formula is C18H18FN3O3S. The van der Waals surface area contributed by atoms with Crippen LogP contribution in [0.25, 0.3) is 0 Å². The predicted molar refractivity (Wildman–Crippen MR) is 94.4 cm³/mol. The molecule has 0 unspecified atom stereocenters. The summed E-state index contributed by atoms with van der Waals surface area (Å²) in [5.74, 6) is -1.36. The first kappa shape index (κ1) is 18.4. The van der Waals surface area contributed by atoms with Gasteiger partial charge in [0.1, 0.15) is 5.82 Å². The normalized spacial score (nSPS) is 20.5. The van der Waals surface area contributed by atoms with Crippen LogP contribution >= 0.6 is 11.8 Å². The highest BCUT2D eigenvalue weighted by Crippen LogP contribution is 2.36. The highest BCUT2D eigenvalue weighted by atomic mass is 32.2. The van der Waals surface area contributed by atoms with Crippen molar-refractivity contribution in [1.82, 2.24) is 10.2 Å². The van der Waals surface area contributed by atoms with Gasteiger partial charge in [0, 0.05) is 25.4 Å². The van der Waals surface area contributed by atoms with Crippen LogP contribution in [0.2, 0.25) is 0 Å². The third kappa shape index (κ3) is 4.06. The minimum atomic E-state index is -0.643. The number of benzene rings is 1. The van der Waals surface area contributed by atoms with E-state index in [0.717, 1.165) is 11.8 Å². The summed E-state index contributed by atoms with van der Waals surface area (Å²) in [5, 5.41) is 12.6. The largest absolute Gasteiger partial charge is 0.378 e. The van der Waals surface area contributed by atoms with Crippen molar-refractivity contribution in [1.29, 1.82) is 5.26 Å². The van der Waals surface area contributed by atoms with Gasteiger partial charge < -0.3 is 15.0 Å². The van der Waals surface area contributed by atoms with E-state index in [1.807, 2.05) is 0 Å². The van der Waals surface area contributed by atoms with Gasteiger partial charge in [0.15, 0.2) is 0 Å². The number of morpholine rings is 1. The number of ether oxygens (including phenoxy) is 1. The molecule has 0 spiro atoms. The molecule has 2 amide bonds. The van der Waals surface area contributed by atoms with Gasteiger partial charge in [-0.25, -0.2) is 4.39 Å². The molecular weight excluding hydrogens is 357 g/mol. The molecule has 136 valence electrons. The Morgan fingerprint density at radius 2 is 2.12 bits per heavy atom. The van der Waals surface area contributed by atoms with E-state index < -0.39 is 11.7 Å². The summed E-state index contributed by atoms with van der Waals surface area (Å²) in [7, 11) is 0. The van der Waals surface area contributed by atoms with Gasteiger partial charge >= 0.3 is 0 Å². The number of thioether (sulfide) groups is 1. The first-order valence-electron chi connectivity index (χ1n) is 8.27. The predicted octanol–water partition coefficient (Wildman–Crippen LogP) is 1.76. The highest BCUT2D eigenvalue weighted by Gasteiger charge is 2.31. The van der Waals surface area contributed by atoms with E-state index in [2.05, 4.69) is 11.4 Å². The second-order valence-electron chi connectivity index (χ2n) is 5.96. The van der Waals surface area contributed by atoms with E-state index >= 15 is 0 Å². The number of amides is 2. The van der Waals surface area contributed by atoms with Crippen LogP contribution in [0, 0.1) is 17.1 Å². The SMILES string of the molecule is N#CC1=C(SCC(=O)N2CCOCC2)NC(=O)C[C@H]1c1ccccc1F. The van der Waals surface area contributed by atoms with E-state index in [9.17, 15) is 19.2 Å². The summed E-state index contributed by atoms with van der Waals surface area (Å²) >= 11 is 1.11. The summed E-state index contributed by atoms with van der Waals surface area (Å²) in [5.41, 5.74) is 0.603. The zero-order valence-electron chi connectivity index (χ0n) is 14.0. The number of carbonyl (C=O) groups excluding carboxylic acids is 2. The fourth-order valence-corrected chi connectivity index (χ4v) is 3.97. The molecule has 1 N–H and O–H groups in total. The van der Waals surface area contributed by atoms with Crippen molar-refractivity contribution < 1.29 is 18.7 Å². The molecule has 26 heavy (non-hydrogen) atoms. The van der Waals surface area contributed by atoms with E-state index in [-0.39, 0.29) is 29.6 Å². The maximum absolute atomic E-state index is 14.2. The molecule has 3 rings (SSSR count). The number of rotatable bonds is 4. The number of nitrogens with one attached hydrogen (secondary N) is 1. The summed E-state index contributed by atoms with van der Waals surface area (Å²) in [4.78, 5) is 26.1. The number of carbonyl (C=O) groups is 2. The molecule has 1 aromatic rings. The number of nitriles is 1. The fourth-order valence-electron chi connectivity index (χ4n) is 2.99. The van der Waals surface area contributed by atoms with Gasteiger partial charge in [-0.2, -0.15) is 5.26 Å². The molecule has 0 aromatic heterocycles. The summed E-state index contributed by atoms with van der Waals surface area (Å²) in [6.07, 6.45) is 0.00525. The first-order valence-corrected chi connectivity index (χ1v) is 9.25. The lowest BCUT2D eigenvalue weighted by Crippen LogP contribution is -2.42. The van der Waals surface area contributed by atoms with Crippen LogP contribution in [0.3, 0.4) is 0 Å². The van der Waals surface area contributed by atoms with Crippen LogP contribution in [0.4, 0.5) is 4.39 Å². The molecule has 0 aliphatic carbocycles. The van der Waals surface area contributed by atoms with Gasteiger partial charge in [0.05, 0.1) is 35.6 Å². The molecule has 1 aromatic carbocycles. The van der Waals surface area contributed by atoms with Crippen LogP contribution in [-0.2, 0) is 14.3 Å². The second-order valence-corrected chi connectivity index (χ2v) is 6.95. The summed E-state index contributed by atoms with van der Waals surface area (Å²) in [6.45, 7) is 2.09. The Labute approximate surface area is 155 Å². The molecule has 1 atom stereocenters. The van der Waals surface area contributed by atoms with Gasteiger partial charge in [-0.05, 0) is 11.6 Å². The molecule has 0 saturated carbocycles. The Kier molecular flexibility index (Phi) is 5.91. The van der Waals surface area contributed by atoms with E-state index in [1.54, 1.807) is 23.1 Å². The van der Waals surface area contributed by atoms with Gasteiger partial charge in [-0.1, -0.05) is 30.0 Å². The third-order valence-corrected chi connectivity index (χ3v) is 5.34. The van der Waals surface area contributed by atoms with Crippen molar-refractivity contribution in [3.05, 3.63) is 46.2 Å². The van der Waals surface area contributed by atoms with Gasteiger partial charge in [-0.3, -0.25) is 9.59 Å². The van der Waals surface area contributed by atoms with Crippen molar-refractivity contribution in [3.8, 4) is 6.07 Å². The van der Waals surface area contributed by atoms with Gasteiger partial charge in [0.2, 0.25) is 11.8 Å². The average molecular weight is 375 g/mol. The second kappa shape index (κ2) is 8.34. The monoisotopic (exact) mass is 375 g/mol. The van der Waals surface area contributed by atoms with Crippen LogP contribution in [-0.4, -0.2) is 48.8 Å². The Morgan fingerprint density at radius 1 is 1.38 bits per heavy atom. The molecule has 2 aliphatic heterocycles. The Balaban J connectivity index is 1.79. The highest BCUT2D eigenvalue weighted by molar-refractivity contribution is 8.03. The lowest BCUT2D eigenvalue weighted by atomic mass is 9.87. The lowest BCUT2D eigenvalue weighted by molar-refractivity contribution is -0.132. The minimum Gasteiger partial charge on any atom is -0.378 e. The zero-order chi connectivity index (χ0) is 18.5. The van der Waals surface area contributed by atoms with E-state index in [4.69, 9.17) is 4.74 Å². The van der Waals surface area contributed by atoms with Crippen LogP contribution < -0.4 is 5.32 Å². The average Bonchev–Trinajstić information content (AvgIpc) is 2.66. The standard InChI is InChI=1S/C18H18FN3O3S/c19-15-4-2-1-3-12(15)13-9-16(23)21-18(14(13)10-20)26-11-17(24)22-5-7-25-8-6-22/h1-4,13H,5-9,11H2,(H,21,23)/t13-/m0/s1. The number of nitrogens with zero attached hydrogens (tertiary/aromatic N) is 2. The number of hydrogen-bond donors (Lipinski definition) is 1. The molecule has 1 saturated heterocycles. The van der Waals surface area contributed by atoms with Crippen LogP contribution in [0.1, 0.15) is 17.9 Å². The lowest BCUT2D eigenvalue weighted by Gasteiger charge is -2.28. The summed E-state index contributed by atoms with van der Waals surface area (Å²) in [6, 6.07) is 8.22. The van der Waals surface area contributed by atoms with E-state index in [0.29, 0.717) is 36.9 Å². The number of halogens is 1. The maximum atomic E-state index is 14.2. The molecule has 0 radical (unpaired) electrons. The molecule has 0 bridgehead atoms. The van der Waals surface area contributed by atoms with Gasteiger partial charge in [0.25, 0.3) is 0 Å². The third-order valence-electron chi connectivity index (χ3n) is 4.34. The smallest absolute Gasteiger partial charge is 0.233 e. The Morgan fingerprint density at radius 3 is 2.81 bits per heavy atom. The van der Waals surface area contributed by atoms with Crippen molar-refractivity contribution in [3.63, 3.8) is 0 Å². The quantitative estimate of drug-likeness (QED) is 0.867. The maximum Gasteiger partial charge on any atom is 0.233 e. The molecule has 6 nitrogen and oxygen atoms in total. The molecule has 2 aliphatic rings. The van der Waals surface area contributed by atoms with Gasteiger partial charge in [-0.15, -0.1) is 0 Å². The molecule has 1 fully saturated rings. The van der Waals surface area contributed by atoms with Crippen LogP contribution in [0.5, 0.6) is 0 Å². The van der Waals surface area contributed by atoms with Crippen LogP contribution in [0.15, 0.2) is 34.9 Å². The van der Waals surface area contributed by atoms with E-state index in [1.165, 1.54) is 6.07 Å². The Bertz CT molecular complexity index is 784. The summed E-state index contributed by atoms with van der Waals surface area (Å²) < 4.78 is 19.4. The Hall–Kier alpha value is -2.37. The molecule has 2 heterocycles. The first-order chi connectivity index (χ1) is 12.6. The fraction of sp³-hybridized carbons (Fsp3) is 0.389. The minimum absolute atomic E-state index is 0.00525. The van der Waals surface area contributed by atoms with Crippen molar-refractivity contribution in [2.75, 3.05) is 32.1 Å². The number of allylic oxidation sites excluding steroid dienone is 1. The van der Waals surface area contributed by atoms with Crippen molar-refractivity contribution in [2.24, 2.45) is 0 Å². The zero-order valence-corrected chi connectivity index (χ0v) is 14.9. The van der Waals surface area contributed by atoms with Crippen molar-refractivity contribution in [2.45, 2.75) is 12.3 Å². The number of hydrogen-bond acceptors (Lipinski definition) is 5. The topological polar surface area (TPSA) is 82.4 Å². The molecule has 8 heteroatoms.